The predicted molar refractivity (Wildman–Crippen MR) is 85.4 cm³/mol. The van der Waals surface area contributed by atoms with Crippen molar-refractivity contribution in [3.8, 4) is 0 Å². The molecule has 1 saturated heterocycles. The molecule has 2 fully saturated rings. The molecule has 6 heteroatoms. The van der Waals surface area contributed by atoms with E-state index in [0.717, 1.165) is 30.8 Å². The Morgan fingerprint density at radius 2 is 2.18 bits per heavy atom. The number of rotatable bonds is 6. The number of nitrogens with one attached hydrogen (secondary N) is 1. The molecule has 0 bridgehead atoms. The second-order valence-electron chi connectivity index (χ2n) is 6.00. The van der Waals surface area contributed by atoms with Gasteiger partial charge in [-0.3, -0.25) is 14.5 Å². The van der Waals surface area contributed by atoms with E-state index in [2.05, 4.69) is 10.2 Å². The van der Waals surface area contributed by atoms with Crippen molar-refractivity contribution in [2.75, 3.05) is 12.3 Å². The Balaban J connectivity index is 1.58. The zero-order valence-corrected chi connectivity index (χ0v) is 13.4. The largest absolute Gasteiger partial charge is 0.468 e. The molecular weight excluding hydrogens is 300 g/mol. The molecule has 22 heavy (non-hydrogen) atoms. The Morgan fingerprint density at radius 1 is 1.36 bits per heavy atom. The smallest absolute Gasteiger partial charge is 0.234 e. The first kappa shape index (κ1) is 15.6. The molecule has 1 amide bonds. The lowest BCUT2D eigenvalue weighted by molar-refractivity contribution is -0.126. The Kier molecular flexibility index (Phi) is 5.20. The normalized spacial score (nSPS) is 22.6. The molecule has 1 saturated carbocycles. The van der Waals surface area contributed by atoms with Crippen LogP contribution in [0.3, 0.4) is 0 Å². The third kappa shape index (κ3) is 3.93. The molecule has 0 spiro atoms. The maximum absolute atomic E-state index is 12.3. The predicted octanol–water partition coefficient (Wildman–Crippen LogP) is 2.17. The van der Waals surface area contributed by atoms with Crippen molar-refractivity contribution in [1.29, 1.82) is 0 Å². The molecule has 1 aromatic heterocycles. The van der Waals surface area contributed by atoms with Gasteiger partial charge in [-0.25, -0.2) is 0 Å². The average molecular weight is 322 g/mol. The maximum Gasteiger partial charge on any atom is 0.234 e. The summed E-state index contributed by atoms with van der Waals surface area (Å²) < 4.78 is 5.42. The summed E-state index contributed by atoms with van der Waals surface area (Å²) in [6.07, 6.45) is 7.11. The summed E-state index contributed by atoms with van der Waals surface area (Å²) in [5.41, 5.74) is 0. The van der Waals surface area contributed by atoms with Gasteiger partial charge in [0.15, 0.2) is 0 Å². The average Bonchev–Trinajstić information content (AvgIpc) is 3.22. The van der Waals surface area contributed by atoms with Gasteiger partial charge in [0, 0.05) is 11.8 Å². The number of hydrogen-bond donors (Lipinski definition) is 1. The van der Waals surface area contributed by atoms with Crippen molar-refractivity contribution in [2.24, 2.45) is 0 Å². The van der Waals surface area contributed by atoms with Crippen molar-refractivity contribution >= 4 is 22.8 Å². The number of amides is 1. The van der Waals surface area contributed by atoms with Gasteiger partial charge in [0.2, 0.25) is 11.0 Å². The SMILES string of the molecule is O=C(CN(Cc1ccco1)C1CCCC1)N[C@H]1CCSC1=O. The summed E-state index contributed by atoms with van der Waals surface area (Å²) in [7, 11) is 0. The third-order valence-electron chi connectivity index (χ3n) is 4.40. The van der Waals surface area contributed by atoms with Gasteiger partial charge < -0.3 is 9.73 Å². The Morgan fingerprint density at radius 3 is 2.82 bits per heavy atom. The summed E-state index contributed by atoms with van der Waals surface area (Å²) in [5.74, 6) is 1.63. The van der Waals surface area contributed by atoms with Crippen molar-refractivity contribution in [3.63, 3.8) is 0 Å². The summed E-state index contributed by atoms with van der Waals surface area (Å²) in [4.78, 5) is 26.1. The van der Waals surface area contributed by atoms with Gasteiger partial charge in [0.05, 0.1) is 25.4 Å². The zero-order chi connectivity index (χ0) is 15.4. The molecule has 1 aliphatic heterocycles. The van der Waals surface area contributed by atoms with Crippen LogP contribution < -0.4 is 5.32 Å². The van der Waals surface area contributed by atoms with E-state index in [-0.39, 0.29) is 17.1 Å². The molecule has 0 unspecified atom stereocenters. The highest BCUT2D eigenvalue weighted by atomic mass is 32.2. The van der Waals surface area contributed by atoms with E-state index < -0.39 is 0 Å². The Labute approximate surface area is 134 Å². The monoisotopic (exact) mass is 322 g/mol. The van der Waals surface area contributed by atoms with Crippen molar-refractivity contribution < 1.29 is 14.0 Å². The molecular formula is C16H22N2O3S. The fraction of sp³-hybridized carbons (Fsp3) is 0.625. The third-order valence-corrected chi connectivity index (χ3v) is 5.41. The highest BCUT2D eigenvalue weighted by Crippen LogP contribution is 2.25. The van der Waals surface area contributed by atoms with E-state index in [4.69, 9.17) is 4.42 Å². The minimum Gasteiger partial charge on any atom is -0.468 e. The van der Waals surface area contributed by atoms with E-state index in [1.807, 2.05) is 12.1 Å². The molecule has 120 valence electrons. The van der Waals surface area contributed by atoms with Crippen LogP contribution >= 0.6 is 11.8 Å². The summed E-state index contributed by atoms with van der Waals surface area (Å²) in [5, 5.41) is 2.97. The number of furan rings is 1. The summed E-state index contributed by atoms with van der Waals surface area (Å²) in [6, 6.07) is 3.95. The van der Waals surface area contributed by atoms with Crippen LogP contribution in [0.15, 0.2) is 22.8 Å². The number of thioether (sulfide) groups is 1. The molecule has 5 nitrogen and oxygen atoms in total. The van der Waals surface area contributed by atoms with E-state index in [1.165, 1.54) is 24.6 Å². The highest BCUT2D eigenvalue weighted by molar-refractivity contribution is 8.14. The fourth-order valence-corrected chi connectivity index (χ4v) is 4.17. The highest BCUT2D eigenvalue weighted by Gasteiger charge is 2.29. The Bertz CT molecular complexity index is 511. The molecule has 1 aromatic rings. The number of carbonyl (C=O) groups excluding carboxylic acids is 2. The second kappa shape index (κ2) is 7.33. The molecule has 1 aliphatic carbocycles. The fourth-order valence-electron chi connectivity index (χ4n) is 3.24. The lowest BCUT2D eigenvalue weighted by Crippen LogP contribution is -2.45. The molecule has 2 aliphatic rings. The minimum absolute atomic E-state index is 0.0562. The lowest BCUT2D eigenvalue weighted by Gasteiger charge is -2.27. The van der Waals surface area contributed by atoms with Gasteiger partial charge in [-0.2, -0.15) is 0 Å². The van der Waals surface area contributed by atoms with Gasteiger partial charge in [0.25, 0.3) is 0 Å². The van der Waals surface area contributed by atoms with Gasteiger partial charge in [-0.05, 0) is 31.4 Å². The van der Waals surface area contributed by atoms with E-state index in [9.17, 15) is 9.59 Å². The molecule has 2 heterocycles. The minimum atomic E-state index is -0.299. The van der Waals surface area contributed by atoms with Gasteiger partial charge >= 0.3 is 0 Å². The van der Waals surface area contributed by atoms with Crippen LogP contribution in [0.25, 0.3) is 0 Å². The van der Waals surface area contributed by atoms with Crippen LogP contribution in [-0.2, 0) is 16.1 Å². The summed E-state index contributed by atoms with van der Waals surface area (Å²) >= 11 is 1.31. The topological polar surface area (TPSA) is 62.6 Å². The van der Waals surface area contributed by atoms with Crippen LogP contribution in [0.2, 0.25) is 0 Å². The van der Waals surface area contributed by atoms with Crippen LogP contribution in [0, 0.1) is 0 Å². The second-order valence-corrected chi connectivity index (χ2v) is 7.10. The van der Waals surface area contributed by atoms with E-state index in [0.29, 0.717) is 19.1 Å². The number of nitrogens with zero attached hydrogens (tertiary/aromatic N) is 1. The van der Waals surface area contributed by atoms with Gasteiger partial charge in [-0.1, -0.05) is 24.6 Å². The molecule has 1 N–H and O–H groups in total. The van der Waals surface area contributed by atoms with Crippen molar-refractivity contribution in [1.82, 2.24) is 10.2 Å². The van der Waals surface area contributed by atoms with Crippen molar-refractivity contribution in [3.05, 3.63) is 24.2 Å². The van der Waals surface area contributed by atoms with Crippen LogP contribution in [0.1, 0.15) is 37.9 Å². The van der Waals surface area contributed by atoms with Crippen LogP contribution in [0.5, 0.6) is 0 Å². The van der Waals surface area contributed by atoms with Crippen molar-refractivity contribution in [2.45, 2.75) is 50.7 Å². The number of hydrogen-bond acceptors (Lipinski definition) is 5. The quantitative estimate of drug-likeness (QED) is 0.870. The van der Waals surface area contributed by atoms with Crippen LogP contribution in [-0.4, -0.2) is 40.3 Å². The Hall–Kier alpha value is -1.27. The summed E-state index contributed by atoms with van der Waals surface area (Å²) in [6.45, 7) is 0.984. The molecule has 0 radical (unpaired) electrons. The van der Waals surface area contributed by atoms with Gasteiger partial charge in [0.1, 0.15) is 5.76 Å². The first-order chi connectivity index (χ1) is 10.7. The first-order valence-corrected chi connectivity index (χ1v) is 8.93. The van der Waals surface area contributed by atoms with E-state index in [1.54, 1.807) is 6.26 Å². The zero-order valence-electron chi connectivity index (χ0n) is 12.6. The first-order valence-electron chi connectivity index (χ1n) is 7.95. The van der Waals surface area contributed by atoms with Gasteiger partial charge in [-0.15, -0.1) is 0 Å². The molecule has 3 rings (SSSR count). The maximum atomic E-state index is 12.3. The lowest BCUT2D eigenvalue weighted by atomic mass is 10.2. The van der Waals surface area contributed by atoms with Crippen LogP contribution in [0.4, 0.5) is 0 Å². The molecule has 1 atom stereocenters. The molecule has 0 aromatic carbocycles. The van der Waals surface area contributed by atoms with E-state index >= 15 is 0 Å². The number of carbonyl (C=O) groups is 2. The standard InChI is InChI=1S/C16H22N2O3S/c19-15(17-14-7-9-22-16(14)20)11-18(12-4-1-2-5-12)10-13-6-3-8-21-13/h3,6,8,12,14H,1-2,4-5,7,9-11H2,(H,17,19)/t14-/m0/s1.